The third-order valence-corrected chi connectivity index (χ3v) is 6.79. The first-order valence-corrected chi connectivity index (χ1v) is 14.7. The van der Waals surface area contributed by atoms with Gasteiger partial charge in [0.15, 0.2) is 0 Å². The molecule has 7 nitrogen and oxygen atoms in total. The van der Waals surface area contributed by atoms with Crippen molar-refractivity contribution in [2.45, 2.75) is 105 Å². The number of ether oxygens (including phenoxy) is 1. The lowest BCUT2D eigenvalue weighted by atomic mass is 9.97. The molecule has 40 heavy (non-hydrogen) atoms. The van der Waals surface area contributed by atoms with Gasteiger partial charge in [0.25, 0.3) is 0 Å². The minimum atomic E-state index is -0.906. The quantitative estimate of drug-likeness (QED) is 0.265. The van der Waals surface area contributed by atoms with E-state index in [0.717, 1.165) is 54.4 Å². The molecule has 2 atom stereocenters. The van der Waals surface area contributed by atoms with Crippen molar-refractivity contribution < 1.29 is 19.1 Å². The molecule has 3 amide bonds. The summed E-state index contributed by atoms with van der Waals surface area (Å²) in [6.45, 7) is 14.5. The van der Waals surface area contributed by atoms with Crippen LogP contribution >= 0.6 is 0 Å². The Morgan fingerprint density at radius 1 is 0.900 bits per heavy atom. The second-order valence-electron chi connectivity index (χ2n) is 11.5. The first-order chi connectivity index (χ1) is 19.0. The van der Waals surface area contributed by atoms with Crippen LogP contribution in [0.3, 0.4) is 0 Å². The van der Waals surface area contributed by atoms with Gasteiger partial charge in [-0.3, -0.25) is 9.59 Å². The van der Waals surface area contributed by atoms with Gasteiger partial charge in [-0.15, -0.1) is 0 Å². The minimum absolute atomic E-state index is 0.209. The number of alkyl carbamates (subject to hydrolysis) is 1. The van der Waals surface area contributed by atoms with Gasteiger partial charge in [0.1, 0.15) is 17.7 Å². The van der Waals surface area contributed by atoms with Crippen molar-refractivity contribution in [1.29, 1.82) is 0 Å². The summed E-state index contributed by atoms with van der Waals surface area (Å²) in [5, 5.41) is 5.90. The average molecular weight is 552 g/mol. The van der Waals surface area contributed by atoms with Crippen LogP contribution in [-0.4, -0.2) is 47.5 Å². The topological polar surface area (TPSA) is 87.7 Å². The molecular weight excluding hydrogens is 502 g/mol. The molecule has 0 spiro atoms. The highest BCUT2D eigenvalue weighted by Gasteiger charge is 2.36. The molecule has 0 aliphatic carbocycles. The standard InChI is InChI=1S/C33H49N3O4/c1-8-10-15-20-34-30(37)29(27-19-18-24(3)25(4)22-27)36(21-11-9-2)31(38)28(23-26-16-13-12-14-17-26)35-32(39)40-33(5,6)7/h12-14,16-19,22,28-29H,8-11,15,20-21,23H2,1-7H3,(H,34,37)(H,35,39). The Balaban J connectivity index is 2.52. The number of unbranched alkanes of at least 4 members (excludes halogenated alkanes) is 3. The number of carbonyl (C=O) groups is 3. The van der Waals surface area contributed by atoms with Crippen LogP contribution in [0, 0.1) is 13.8 Å². The molecule has 2 aromatic carbocycles. The van der Waals surface area contributed by atoms with E-state index < -0.39 is 23.8 Å². The first kappa shape index (κ1) is 32.9. The van der Waals surface area contributed by atoms with Gasteiger partial charge in [-0.2, -0.15) is 0 Å². The van der Waals surface area contributed by atoms with Crippen LogP contribution in [0.25, 0.3) is 0 Å². The second-order valence-corrected chi connectivity index (χ2v) is 11.5. The molecule has 2 unspecified atom stereocenters. The summed E-state index contributed by atoms with van der Waals surface area (Å²) in [5.41, 5.74) is 3.12. The van der Waals surface area contributed by atoms with Crippen molar-refractivity contribution in [1.82, 2.24) is 15.5 Å². The number of amides is 3. The van der Waals surface area contributed by atoms with E-state index in [9.17, 15) is 14.4 Å². The maximum absolute atomic E-state index is 14.4. The second kappa shape index (κ2) is 16.0. The van der Waals surface area contributed by atoms with Crippen molar-refractivity contribution in [2.24, 2.45) is 0 Å². The highest BCUT2D eigenvalue weighted by molar-refractivity contribution is 5.92. The molecule has 0 aliphatic rings. The Labute approximate surface area is 241 Å². The molecule has 2 N–H and O–H groups in total. The van der Waals surface area contributed by atoms with E-state index in [2.05, 4.69) is 24.5 Å². The van der Waals surface area contributed by atoms with Gasteiger partial charge in [0, 0.05) is 19.5 Å². The Bertz CT molecular complexity index is 1090. The number of rotatable bonds is 14. The summed E-state index contributed by atoms with van der Waals surface area (Å²) in [7, 11) is 0. The van der Waals surface area contributed by atoms with E-state index in [-0.39, 0.29) is 18.2 Å². The Kier molecular flexibility index (Phi) is 13.2. The lowest BCUT2D eigenvalue weighted by Gasteiger charge is -2.35. The van der Waals surface area contributed by atoms with Crippen molar-refractivity contribution >= 4 is 17.9 Å². The number of benzene rings is 2. The molecule has 0 aromatic heterocycles. The molecule has 0 bridgehead atoms. The summed E-state index contributed by atoms with van der Waals surface area (Å²) in [6, 6.07) is 13.8. The molecule has 0 radical (unpaired) electrons. The SMILES string of the molecule is CCCCCNC(=O)C(c1ccc(C)c(C)c1)N(CCCC)C(=O)C(Cc1ccccc1)NC(=O)OC(C)(C)C. The van der Waals surface area contributed by atoms with Gasteiger partial charge in [-0.1, -0.05) is 81.6 Å². The smallest absolute Gasteiger partial charge is 0.408 e. The molecule has 2 rings (SSSR count). The highest BCUT2D eigenvalue weighted by Crippen LogP contribution is 2.26. The normalized spacial score (nSPS) is 12.8. The molecule has 0 fully saturated rings. The number of hydrogen-bond donors (Lipinski definition) is 2. The van der Waals surface area contributed by atoms with E-state index in [0.29, 0.717) is 13.1 Å². The third kappa shape index (κ3) is 10.7. The van der Waals surface area contributed by atoms with Crippen LogP contribution in [0.1, 0.15) is 95.0 Å². The molecule has 0 saturated heterocycles. The van der Waals surface area contributed by atoms with Crippen molar-refractivity contribution in [2.75, 3.05) is 13.1 Å². The number of nitrogens with zero attached hydrogens (tertiary/aromatic N) is 1. The molecule has 0 saturated carbocycles. The zero-order valence-corrected chi connectivity index (χ0v) is 25.5. The van der Waals surface area contributed by atoms with E-state index in [1.165, 1.54) is 0 Å². The van der Waals surface area contributed by atoms with Crippen LogP contribution in [0.15, 0.2) is 48.5 Å². The van der Waals surface area contributed by atoms with Gasteiger partial charge in [0.05, 0.1) is 0 Å². The Hall–Kier alpha value is -3.35. The highest BCUT2D eigenvalue weighted by atomic mass is 16.6. The zero-order valence-electron chi connectivity index (χ0n) is 25.5. The lowest BCUT2D eigenvalue weighted by Crippen LogP contribution is -2.54. The molecule has 0 heterocycles. The number of nitrogens with one attached hydrogen (secondary N) is 2. The molecule has 2 aromatic rings. The van der Waals surface area contributed by atoms with Gasteiger partial charge in [-0.25, -0.2) is 4.79 Å². The monoisotopic (exact) mass is 551 g/mol. The minimum Gasteiger partial charge on any atom is -0.444 e. The van der Waals surface area contributed by atoms with Gasteiger partial charge in [-0.05, 0) is 69.7 Å². The molecule has 7 heteroatoms. The van der Waals surface area contributed by atoms with Crippen molar-refractivity contribution in [3.8, 4) is 0 Å². The molecule has 0 aliphatic heterocycles. The van der Waals surface area contributed by atoms with Crippen LogP contribution in [-0.2, 0) is 20.7 Å². The Morgan fingerprint density at radius 2 is 1.57 bits per heavy atom. The average Bonchev–Trinajstić information content (AvgIpc) is 2.89. The summed E-state index contributed by atoms with van der Waals surface area (Å²) in [5.74, 6) is -0.519. The van der Waals surface area contributed by atoms with Gasteiger partial charge < -0.3 is 20.3 Å². The van der Waals surface area contributed by atoms with Crippen LogP contribution in [0.2, 0.25) is 0 Å². The van der Waals surface area contributed by atoms with E-state index in [4.69, 9.17) is 4.74 Å². The predicted octanol–water partition coefficient (Wildman–Crippen LogP) is 6.42. The number of aryl methyl sites for hydroxylation is 2. The van der Waals surface area contributed by atoms with Crippen LogP contribution < -0.4 is 10.6 Å². The summed E-state index contributed by atoms with van der Waals surface area (Å²) in [4.78, 5) is 42.7. The van der Waals surface area contributed by atoms with Gasteiger partial charge in [0.2, 0.25) is 11.8 Å². The molecular formula is C33H49N3O4. The maximum atomic E-state index is 14.4. The van der Waals surface area contributed by atoms with Gasteiger partial charge >= 0.3 is 6.09 Å². The van der Waals surface area contributed by atoms with E-state index in [1.807, 2.05) is 62.4 Å². The lowest BCUT2D eigenvalue weighted by molar-refractivity contribution is -0.142. The number of carbonyl (C=O) groups excluding carboxylic acids is 3. The fourth-order valence-electron chi connectivity index (χ4n) is 4.49. The van der Waals surface area contributed by atoms with Crippen LogP contribution in [0.4, 0.5) is 4.79 Å². The zero-order chi connectivity index (χ0) is 29.7. The third-order valence-electron chi connectivity index (χ3n) is 6.79. The Morgan fingerprint density at radius 3 is 2.17 bits per heavy atom. The summed E-state index contributed by atoms with van der Waals surface area (Å²) < 4.78 is 5.51. The van der Waals surface area contributed by atoms with Crippen molar-refractivity contribution in [3.05, 3.63) is 70.8 Å². The van der Waals surface area contributed by atoms with E-state index in [1.54, 1.807) is 25.7 Å². The van der Waals surface area contributed by atoms with E-state index >= 15 is 0 Å². The maximum Gasteiger partial charge on any atom is 0.408 e. The number of hydrogen-bond acceptors (Lipinski definition) is 4. The fraction of sp³-hybridized carbons (Fsp3) is 0.545. The summed E-state index contributed by atoms with van der Waals surface area (Å²) >= 11 is 0. The van der Waals surface area contributed by atoms with Crippen molar-refractivity contribution in [3.63, 3.8) is 0 Å². The fourth-order valence-corrected chi connectivity index (χ4v) is 4.49. The van der Waals surface area contributed by atoms with Crippen LogP contribution in [0.5, 0.6) is 0 Å². The molecule has 220 valence electrons. The first-order valence-electron chi connectivity index (χ1n) is 14.7. The largest absolute Gasteiger partial charge is 0.444 e. The predicted molar refractivity (Wildman–Crippen MR) is 161 cm³/mol. The summed E-state index contributed by atoms with van der Waals surface area (Å²) in [6.07, 6.45) is 4.14.